The summed E-state index contributed by atoms with van der Waals surface area (Å²) in [5.41, 5.74) is -6.31. The highest BCUT2D eigenvalue weighted by Gasteiger charge is 2.49. The van der Waals surface area contributed by atoms with E-state index in [1.54, 1.807) is 30.3 Å². The topological polar surface area (TPSA) is 129 Å². The van der Waals surface area contributed by atoms with E-state index in [1.165, 1.54) is 48.5 Å². The lowest BCUT2D eigenvalue weighted by Crippen LogP contribution is -2.29. The summed E-state index contributed by atoms with van der Waals surface area (Å²) in [5.74, 6) is -2.50. The van der Waals surface area contributed by atoms with Gasteiger partial charge in [0, 0.05) is 35.8 Å². The summed E-state index contributed by atoms with van der Waals surface area (Å²) in [4.78, 5) is 28.4. The molecule has 5 aromatic carbocycles. The molecule has 0 bridgehead atoms. The quantitative estimate of drug-likeness (QED) is 0.0904. The molecule has 0 spiro atoms. The number of likely N-dealkylation sites (N-methyl/N-ethyl adjacent to an activating group) is 1. The third kappa shape index (κ3) is 5.96. The molecule has 0 N–H and O–H groups in total. The summed E-state index contributed by atoms with van der Waals surface area (Å²) in [7, 11) is -9.46. The number of carbonyl (C=O) groups is 2. The van der Waals surface area contributed by atoms with Crippen LogP contribution in [0, 0.1) is 0 Å². The van der Waals surface area contributed by atoms with Crippen LogP contribution < -0.4 is 8.92 Å². The van der Waals surface area contributed by atoms with E-state index in [0.29, 0.717) is 10.3 Å². The maximum Gasteiger partial charge on any atom is 0.534 e. The van der Waals surface area contributed by atoms with E-state index in [1.807, 2.05) is 30.3 Å². The minimum absolute atomic E-state index is 0.0562. The minimum Gasteiger partial charge on any atom is -0.489 e. The number of benzene rings is 5. The molecule has 6 aromatic rings. The number of alkyl halides is 3. The van der Waals surface area contributed by atoms with E-state index >= 15 is 0 Å². The Morgan fingerprint density at radius 2 is 1.27 bits per heavy atom. The molecule has 10 nitrogen and oxygen atoms in total. The third-order valence-electron chi connectivity index (χ3n) is 8.45. The molecule has 0 unspecified atom stereocenters. The molecule has 0 fully saturated rings. The number of hydrogen-bond acceptors (Lipinski definition) is 8. The van der Waals surface area contributed by atoms with Gasteiger partial charge in [-0.1, -0.05) is 72.8 Å². The first-order valence-electron chi connectivity index (χ1n) is 15.4. The molecule has 15 heteroatoms. The van der Waals surface area contributed by atoms with Crippen LogP contribution in [-0.2, 0) is 36.3 Å². The van der Waals surface area contributed by atoms with Gasteiger partial charge in [0.25, 0.3) is 21.8 Å². The first-order chi connectivity index (χ1) is 24.7. The predicted octanol–water partition coefficient (Wildman–Crippen LogP) is 6.75. The van der Waals surface area contributed by atoms with Crippen molar-refractivity contribution >= 4 is 64.8 Å². The average Bonchev–Trinajstić information content (AvgIpc) is 3.61. The lowest BCUT2D eigenvalue weighted by Gasteiger charge is -2.15. The molecule has 264 valence electrons. The molecular weight excluding hydrogens is 722 g/mol. The van der Waals surface area contributed by atoms with Gasteiger partial charge in [-0.15, -0.1) is 0 Å². The summed E-state index contributed by atoms with van der Waals surface area (Å²) >= 11 is 0. The van der Waals surface area contributed by atoms with Gasteiger partial charge in [0.2, 0.25) is 0 Å². The van der Waals surface area contributed by atoms with Crippen LogP contribution >= 0.6 is 0 Å². The molecule has 0 saturated heterocycles. The Hall–Kier alpha value is -5.93. The van der Waals surface area contributed by atoms with Crippen molar-refractivity contribution in [1.29, 1.82) is 0 Å². The Bertz CT molecular complexity index is 2670. The van der Waals surface area contributed by atoms with Crippen LogP contribution in [0.5, 0.6) is 11.5 Å². The van der Waals surface area contributed by atoms with Crippen LogP contribution in [0.25, 0.3) is 32.8 Å². The van der Waals surface area contributed by atoms with Gasteiger partial charge in [0.05, 0.1) is 21.6 Å². The van der Waals surface area contributed by atoms with Crippen LogP contribution in [0.3, 0.4) is 0 Å². The van der Waals surface area contributed by atoms with Gasteiger partial charge in [-0.25, -0.2) is 12.4 Å². The van der Waals surface area contributed by atoms with Crippen molar-refractivity contribution in [3.63, 3.8) is 0 Å². The highest BCUT2D eigenvalue weighted by molar-refractivity contribution is 7.90. The van der Waals surface area contributed by atoms with Crippen LogP contribution in [0.4, 0.5) is 13.2 Å². The molecule has 52 heavy (non-hydrogen) atoms. The fourth-order valence-corrected chi connectivity index (χ4v) is 7.75. The van der Waals surface area contributed by atoms with Crippen molar-refractivity contribution in [2.24, 2.45) is 0 Å². The SMILES string of the molecule is CN1C(=O)C(c2cc3ccccc3cc2OS(=O)(=O)C(F)(F)F)=C(c2cn(S(=O)(=O)c3ccccc3)c3cc(OCc4ccccc4)ccc23)C1=O. The number of rotatable bonds is 9. The number of imide groups is 1. The fraction of sp³-hybridized carbons (Fsp3) is 0.0811. The number of amides is 2. The van der Waals surface area contributed by atoms with E-state index in [4.69, 9.17) is 4.74 Å². The maximum absolute atomic E-state index is 14.1. The zero-order valence-electron chi connectivity index (χ0n) is 26.9. The molecule has 2 heterocycles. The van der Waals surface area contributed by atoms with Gasteiger partial charge in [-0.2, -0.15) is 21.6 Å². The van der Waals surface area contributed by atoms with E-state index < -0.39 is 54.4 Å². The van der Waals surface area contributed by atoms with Gasteiger partial charge in [-0.05, 0) is 52.7 Å². The molecule has 0 radical (unpaired) electrons. The number of aromatic nitrogens is 1. The van der Waals surface area contributed by atoms with Crippen LogP contribution in [-0.4, -0.2) is 50.1 Å². The first kappa shape index (κ1) is 34.5. The average molecular weight is 747 g/mol. The number of nitrogens with zero attached hydrogens (tertiary/aromatic N) is 2. The molecule has 2 amide bonds. The number of hydrogen-bond donors (Lipinski definition) is 0. The Morgan fingerprint density at radius 3 is 1.90 bits per heavy atom. The Kier molecular flexibility index (Phi) is 8.42. The summed E-state index contributed by atoms with van der Waals surface area (Å²) in [6.45, 7) is 0.143. The van der Waals surface area contributed by atoms with E-state index in [-0.39, 0.29) is 44.7 Å². The molecule has 0 aliphatic carbocycles. The highest BCUT2D eigenvalue weighted by atomic mass is 32.2. The van der Waals surface area contributed by atoms with Crippen molar-refractivity contribution in [2.75, 3.05) is 7.05 Å². The Morgan fingerprint density at radius 1 is 0.692 bits per heavy atom. The van der Waals surface area contributed by atoms with Crippen molar-refractivity contribution in [2.45, 2.75) is 17.0 Å². The number of fused-ring (bicyclic) bond motifs is 2. The van der Waals surface area contributed by atoms with Crippen molar-refractivity contribution in [3.8, 4) is 11.5 Å². The number of ether oxygens (including phenoxy) is 1. The van der Waals surface area contributed by atoms with E-state index in [0.717, 1.165) is 28.8 Å². The molecule has 0 atom stereocenters. The molecule has 7 rings (SSSR count). The van der Waals surface area contributed by atoms with Crippen LogP contribution in [0.1, 0.15) is 16.7 Å². The second-order valence-corrected chi connectivity index (χ2v) is 15.1. The summed E-state index contributed by atoms with van der Waals surface area (Å²) in [5, 5.41) is 0.825. The Labute approximate surface area is 295 Å². The fourth-order valence-electron chi connectivity index (χ4n) is 5.90. The van der Waals surface area contributed by atoms with Gasteiger partial charge in [0.1, 0.15) is 12.4 Å². The van der Waals surface area contributed by atoms with E-state index in [9.17, 15) is 39.6 Å². The van der Waals surface area contributed by atoms with Gasteiger partial charge in [0.15, 0.2) is 5.75 Å². The molecule has 1 aliphatic rings. The third-order valence-corrected chi connectivity index (χ3v) is 11.1. The Balaban J connectivity index is 1.50. The second kappa shape index (κ2) is 12.7. The summed E-state index contributed by atoms with van der Waals surface area (Å²) < 4.78 is 105. The lowest BCUT2D eigenvalue weighted by molar-refractivity contribution is -0.134. The monoisotopic (exact) mass is 746 g/mol. The molecular formula is C37H25F3N2O8S2. The smallest absolute Gasteiger partial charge is 0.489 e. The normalized spacial score (nSPS) is 14.1. The standard InChI is InChI=1S/C37H25F3N2O8S2/c1-41-35(43)33(29-18-24-12-8-9-13-25(24)19-32(29)50-52(47,48)37(38,39)40)34(36(41)44)30-21-42(51(45,46)27-14-6-3-7-15-27)31-20-26(16-17-28(30)31)49-22-23-10-4-2-5-11-23/h2-21H,22H2,1H3. The van der Waals surface area contributed by atoms with Gasteiger partial charge < -0.3 is 8.92 Å². The maximum atomic E-state index is 14.1. The van der Waals surface area contributed by atoms with Crippen molar-refractivity contribution in [1.82, 2.24) is 8.87 Å². The molecule has 1 aliphatic heterocycles. The zero-order valence-corrected chi connectivity index (χ0v) is 28.5. The lowest BCUT2D eigenvalue weighted by atomic mass is 9.93. The van der Waals surface area contributed by atoms with E-state index in [2.05, 4.69) is 4.18 Å². The number of halogens is 3. The molecule has 0 saturated carbocycles. The number of carbonyl (C=O) groups excluding carboxylic acids is 2. The van der Waals surface area contributed by atoms with Crippen molar-refractivity contribution < 1.29 is 48.5 Å². The summed E-state index contributed by atoms with van der Waals surface area (Å²) in [6, 6.07) is 29.6. The first-order valence-corrected chi connectivity index (χ1v) is 18.3. The van der Waals surface area contributed by atoms with Gasteiger partial charge in [-0.3, -0.25) is 14.5 Å². The van der Waals surface area contributed by atoms with Gasteiger partial charge >= 0.3 is 15.6 Å². The highest BCUT2D eigenvalue weighted by Crippen LogP contribution is 2.44. The largest absolute Gasteiger partial charge is 0.534 e. The second-order valence-electron chi connectivity index (χ2n) is 11.7. The minimum atomic E-state index is -6.24. The molecule has 1 aromatic heterocycles. The van der Waals surface area contributed by atoms with Crippen LogP contribution in [0.15, 0.2) is 126 Å². The van der Waals surface area contributed by atoms with Crippen LogP contribution in [0.2, 0.25) is 0 Å². The predicted molar refractivity (Wildman–Crippen MR) is 186 cm³/mol. The zero-order chi connectivity index (χ0) is 37.0. The van der Waals surface area contributed by atoms with Crippen molar-refractivity contribution in [3.05, 3.63) is 138 Å². The summed E-state index contributed by atoms with van der Waals surface area (Å²) in [6.07, 6.45) is 1.14.